The largest absolute Gasteiger partial charge is 0.460 e. The van der Waals surface area contributed by atoms with Crippen LogP contribution < -0.4 is 0 Å². The molecule has 21 heavy (non-hydrogen) atoms. The first kappa shape index (κ1) is 15.9. The number of oxazole rings is 1. The van der Waals surface area contributed by atoms with Crippen LogP contribution in [0.3, 0.4) is 0 Å². The van der Waals surface area contributed by atoms with E-state index >= 15 is 0 Å². The number of hydrogen-bond acceptors (Lipinski definition) is 5. The van der Waals surface area contributed by atoms with Gasteiger partial charge < -0.3 is 13.9 Å². The Balaban J connectivity index is 2.38. The van der Waals surface area contributed by atoms with Gasteiger partial charge in [-0.15, -0.1) is 0 Å². The molecule has 5 nitrogen and oxygen atoms in total. The van der Waals surface area contributed by atoms with Crippen LogP contribution in [0.5, 0.6) is 0 Å². The second-order valence-corrected chi connectivity index (χ2v) is 5.22. The number of aromatic nitrogens is 1. The molecule has 0 amide bonds. The predicted octanol–water partition coefficient (Wildman–Crippen LogP) is 3.32. The number of esters is 1. The van der Waals surface area contributed by atoms with Crippen molar-refractivity contribution in [3.63, 3.8) is 0 Å². The van der Waals surface area contributed by atoms with E-state index < -0.39 is 23.8 Å². The van der Waals surface area contributed by atoms with E-state index in [4.69, 9.17) is 13.9 Å². The van der Waals surface area contributed by atoms with Gasteiger partial charge in [0, 0.05) is 0 Å². The fourth-order valence-electron chi connectivity index (χ4n) is 2.67. The molecule has 0 radical (unpaired) electrons. The summed E-state index contributed by atoms with van der Waals surface area (Å²) in [5, 5.41) is 0. The molecule has 0 aliphatic carbocycles. The van der Waals surface area contributed by atoms with Crippen LogP contribution in [0.2, 0.25) is 0 Å². The first-order valence-corrected chi connectivity index (χ1v) is 6.98. The maximum atomic E-state index is 13.0. The molecule has 0 spiro atoms. The highest BCUT2D eigenvalue weighted by Gasteiger charge is 2.42. The number of rotatable bonds is 4. The van der Waals surface area contributed by atoms with Crippen molar-refractivity contribution in [3.05, 3.63) is 17.3 Å². The molecule has 118 valence electrons. The lowest BCUT2D eigenvalue weighted by Gasteiger charge is -2.13. The van der Waals surface area contributed by atoms with E-state index in [9.17, 15) is 13.6 Å². The van der Waals surface area contributed by atoms with Crippen molar-refractivity contribution < 1.29 is 27.5 Å². The fourth-order valence-corrected chi connectivity index (χ4v) is 2.67. The Bertz CT molecular complexity index is 517. The summed E-state index contributed by atoms with van der Waals surface area (Å²) in [6.45, 7) is 7.35. The van der Waals surface area contributed by atoms with Gasteiger partial charge in [-0.05, 0) is 26.7 Å². The monoisotopic (exact) mass is 303 g/mol. The molecule has 4 unspecified atom stereocenters. The minimum atomic E-state index is -2.90. The number of carbonyl (C=O) groups is 1. The standard InChI is InChI=1S/C14H19F2NO4/c1-5-19-14(18)11-10(12(15)16)17-13(21-11)9-6(2)7(3)20-8(9)4/h6-9,12H,5H2,1-4H3. The maximum absolute atomic E-state index is 13.0. The highest BCUT2D eigenvalue weighted by molar-refractivity contribution is 5.87. The van der Waals surface area contributed by atoms with E-state index in [1.165, 1.54) is 0 Å². The van der Waals surface area contributed by atoms with Gasteiger partial charge in [0.25, 0.3) is 6.43 Å². The van der Waals surface area contributed by atoms with Crippen molar-refractivity contribution in [1.82, 2.24) is 4.98 Å². The summed E-state index contributed by atoms with van der Waals surface area (Å²) in [6.07, 6.45) is -3.14. The van der Waals surface area contributed by atoms with Crippen LogP contribution in [-0.4, -0.2) is 29.8 Å². The van der Waals surface area contributed by atoms with Gasteiger partial charge in [-0.2, -0.15) is 0 Å². The minimum absolute atomic E-state index is 0.0297. The molecule has 1 aromatic heterocycles. The molecule has 1 saturated heterocycles. The third kappa shape index (κ3) is 2.92. The Morgan fingerprint density at radius 3 is 2.48 bits per heavy atom. The van der Waals surface area contributed by atoms with Crippen LogP contribution in [0, 0.1) is 5.92 Å². The van der Waals surface area contributed by atoms with Gasteiger partial charge in [-0.1, -0.05) is 6.92 Å². The number of alkyl halides is 2. The Morgan fingerprint density at radius 2 is 2.00 bits per heavy atom. The van der Waals surface area contributed by atoms with Gasteiger partial charge >= 0.3 is 5.97 Å². The molecule has 7 heteroatoms. The molecule has 4 atom stereocenters. The Labute approximate surface area is 121 Å². The summed E-state index contributed by atoms with van der Waals surface area (Å²) in [5.41, 5.74) is -0.664. The Hall–Kier alpha value is -1.50. The van der Waals surface area contributed by atoms with E-state index in [0.29, 0.717) is 0 Å². The molecule has 1 aliphatic heterocycles. The van der Waals surface area contributed by atoms with Gasteiger partial charge in [-0.3, -0.25) is 0 Å². The summed E-state index contributed by atoms with van der Waals surface area (Å²) in [7, 11) is 0. The number of ether oxygens (including phenoxy) is 2. The van der Waals surface area contributed by atoms with E-state index in [2.05, 4.69) is 4.98 Å². The zero-order valence-corrected chi connectivity index (χ0v) is 12.4. The first-order valence-electron chi connectivity index (χ1n) is 6.98. The van der Waals surface area contributed by atoms with Crippen molar-refractivity contribution in [2.75, 3.05) is 6.61 Å². The lowest BCUT2D eigenvalue weighted by atomic mass is 9.89. The lowest BCUT2D eigenvalue weighted by Crippen LogP contribution is -2.15. The molecule has 0 bridgehead atoms. The summed E-state index contributed by atoms with van der Waals surface area (Å²) in [5.74, 6) is -1.53. The van der Waals surface area contributed by atoms with E-state index in [-0.39, 0.29) is 36.5 Å². The number of hydrogen-bond donors (Lipinski definition) is 0. The molecule has 0 N–H and O–H groups in total. The average molecular weight is 303 g/mol. The smallest absolute Gasteiger partial charge is 0.376 e. The zero-order chi connectivity index (χ0) is 15.7. The molecular formula is C14H19F2NO4. The summed E-state index contributed by atoms with van der Waals surface area (Å²) in [6, 6.07) is 0. The van der Waals surface area contributed by atoms with Gasteiger partial charge in [-0.25, -0.2) is 18.6 Å². The zero-order valence-electron chi connectivity index (χ0n) is 12.4. The van der Waals surface area contributed by atoms with Crippen molar-refractivity contribution >= 4 is 5.97 Å². The van der Waals surface area contributed by atoms with Crippen LogP contribution in [0.25, 0.3) is 0 Å². The highest BCUT2D eigenvalue weighted by Crippen LogP contribution is 2.40. The molecule has 1 aliphatic rings. The van der Waals surface area contributed by atoms with Gasteiger partial charge in [0.15, 0.2) is 5.69 Å². The van der Waals surface area contributed by atoms with Gasteiger partial charge in [0.1, 0.15) is 0 Å². The quantitative estimate of drug-likeness (QED) is 0.799. The Morgan fingerprint density at radius 1 is 1.33 bits per heavy atom. The molecule has 0 aromatic carbocycles. The van der Waals surface area contributed by atoms with Gasteiger partial charge in [0.2, 0.25) is 11.7 Å². The molecule has 0 saturated carbocycles. The van der Waals surface area contributed by atoms with Crippen LogP contribution in [0.1, 0.15) is 62.2 Å². The topological polar surface area (TPSA) is 61.6 Å². The second kappa shape index (κ2) is 6.09. The van der Waals surface area contributed by atoms with E-state index in [0.717, 1.165) is 0 Å². The third-order valence-corrected chi connectivity index (χ3v) is 3.86. The molecule has 2 heterocycles. The van der Waals surface area contributed by atoms with Crippen LogP contribution in [0.15, 0.2) is 4.42 Å². The second-order valence-electron chi connectivity index (χ2n) is 5.22. The highest BCUT2D eigenvalue weighted by atomic mass is 19.3. The van der Waals surface area contributed by atoms with E-state index in [1.54, 1.807) is 6.92 Å². The van der Waals surface area contributed by atoms with Crippen LogP contribution in [-0.2, 0) is 9.47 Å². The number of nitrogens with zero attached hydrogens (tertiary/aromatic N) is 1. The van der Waals surface area contributed by atoms with Crippen molar-refractivity contribution in [2.45, 2.75) is 52.2 Å². The molecular weight excluding hydrogens is 284 g/mol. The fraction of sp³-hybridized carbons (Fsp3) is 0.714. The van der Waals surface area contributed by atoms with E-state index in [1.807, 2.05) is 20.8 Å². The average Bonchev–Trinajstić information content (AvgIpc) is 2.93. The molecule has 1 fully saturated rings. The van der Waals surface area contributed by atoms with Crippen molar-refractivity contribution in [3.8, 4) is 0 Å². The van der Waals surface area contributed by atoms with Crippen LogP contribution in [0.4, 0.5) is 8.78 Å². The molecule has 1 aromatic rings. The summed E-state index contributed by atoms with van der Waals surface area (Å²) >= 11 is 0. The molecule has 2 rings (SSSR count). The van der Waals surface area contributed by atoms with Crippen molar-refractivity contribution in [2.24, 2.45) is 5.92 Å². The lowest BCUT2D eigenvalue weighted by molar-refractivity contribution is 0.0464. The minimum Gasteiger partial charge on any atom is -0.460 e. The normalized spacial score (nSPS) is 29.1. The van der Waals surface area contributed by atoms with Crippen LogP contribution >= 0.6 is 0 Å². The summed E-state index contributed by atoms with van der Waals surface area (Å²) in [4.78, 5) is 15.5. The predicted molar refractivity (Wildman–Crippen MR) is 69.3 cm³/mol. The SMILES string of the molecule is CCOC(=O)c1oc(C2C(C)OC(C)C2C)nc1C(F)F. The summed E-state index contributed by atoms with van der Waals surface area (Å²) < 4.78 is 41.8. The first-order chi connectivity index (χ1) is 9.86. The van der Waals surface area contributed by atoms with Gasteiger partial charge in [0.05, 0.1) is 24.7 Å². The third-order valence-electron chi connectivity index (χ3n) is 3.86. The number of carbonyl (C=O) groups excluding carboxylic acids is 1. The number of halogens is 2. The van der Waals surface area contributed by atoms with Crippen molar-refractivity contribution in [1.29, 1.82) is 0 Å². The maximum Gasteiger partial charge on any atom is 0.376 e. The Kier molecular flexibility index (Phi) is 4.61.